The number of carbonyl (C=O) groups excluding carboxylic acids is 1. The fraction of sp³-hybridized carbons (Fsp3) is 0.294. The van der Waals surface area contributed by atoms with Gasteiger partial charge in [0.2, 0.25) is 0 Å². The van der Waals surface area contributed by atoms with Gasteiger partial charge >= 0.3 is 5.97 Å². The normalized spacial score (nSPS) is 13.4. The van der Waals surface area contributed by atoms with Crippen LogP contribution in [-0.4, -0.2) is 27.6 Å². The Morgan fingerprint density at radius 1 is 1.35 bits per heavy atom. The number of fused-ring (bicyclic) bond motifs is 1. The van der Waals surface area contributed by atoms with E-state index in [9.17, 15) is 4.79 Å². The number of benzene rings is 1. The minimum atomic E-state index is -0.274. The fourth-order valence-electron chi connectivity index (χ4n) is 2.75. The van der Waals surface area contributed by atoms with E-state index in [0.717, 1.165) is 22.6 Å². The largest absolute Gasteiger partial charge is 0.463 e. The van der Waals surface area contributed by atoms with Crippen molar-refractivity contribution in [2.75, 3.05) is 6.61 Å². The van der Waals surface area contributed by atoms with Gasteiger partial charge < -0.3 is 4.74 Å². The second kappa shape index (κ2) is 6.05. The Labute approximate surface area is 134 Å². The smallest absolute Gasteiger partial charge is 0.334 e. The molecule has 1 aromatic carbocycles. The number of esters is 1. The number of hydrogen-bond donors (Lipinski definition) is 0. The molecule has 3 rings (SSSR count). The van der Waals surface area contributed by atoms with Crippen molar-refractivity contribution in [3.8, 4) is 11.8 Å². The second-order valence-corrected chi connectivity index (χ2v) is 5.28. The molecule has 23 heavy (non-hydrogen) atoms. The monoisotopic (exact) mass is 308 g/mol. The molecule has 0 N–H and O–H groups in total. The first-order valence-electron chi connectivity index (χ1n) is 7.48. The number of rotatable bonds is 3. The molecule has 6 heteroatoms. The predicted octanol–water partition coefficient (Wildman–Crippen LogP) is 2.42. The van der Waals surface area contributed by atoms with Gasteiger partial charge in [-0.05, 0) is 56.5 Å². The lowest BCUT2D eigenvalue weighted by molar-refractivity contribution is -0.138. The minimum Gasteiger partial charge on any atom is -0.463 e. The summed E-state index contributed by atoms with van der Waals surface area (Å²) in [5, 5.41) is 17.3. The maximum atomic E-state index is 12.0. The highest BCUT2D eigenvalue weighted by molar-refractivity contribution is 5.97. The number of carbonyl (C=O) groups is 1. The molecule has 0 bridgehead atoms. The van der Waals surface area contributed by atoms with Crippen LogP contribution >= 0.6 is 0 Å². The van der Waals surface area contributed by atoms with Crippen molar-refractivity contribution in [1.82, 2.24) is 15.0 Å². The van der Waals surface area contributed by atoms with Crippen molar-refractivity contribution < 1.29 is 9.53 Å². The van der Waals surface area contributed by atoms with Gasteiger partial charge in [-0.2, -0.15) is 5.26 Å². The molecule has 116 valence electrons. The molecule has 1 aliphatic rings. The van der Waals surface area contributed by atoms with E-state index < -0.39 is 0 Å². The summed E-state index contributed by atoms with van der Waals surface area (Å²) in [6.45, 7) is 4.03. The maximum Gasteiger partial charge on any atom is 0.334 e. The molecule has 0 atom stereocenters. The van der Waals surface area contributed by atoms with Crippen LogP contribution in [0.4, 0.5) is 0 Å². The number of aromatic nitrogens is 3. The molecule has 0 fully saturated rings. The molecule has 0 unspecified atom stereocenters. The zero-order valence-electron chi connectivity index (χ0n) is 13.0. The molecule has 0 amide bonds. The van der Waals surface area contributed by atoms with Crippen LogP contribution in [0.3, 0.4) is 0 Å². The summed E-state index contributed by atoms with van der Waals surface area (Å²) in [5.74, 6) is -0.274. The summed E-state index contributed by atoms with van der Waals surface area (Å²) < 4.78 is 6.87. The van der Waals surface area contributed by atoms with Gasteiger partial charge in [0.25, 0.3) is 0 Å². The van der Waals surface area contributed by atoms with Crippen molar-refractivity contribution in [3.63, 3.8) is 0 Å². The van der Waals surface area contributed by atoms with Crippen molar-refractivity contribution in [3.05, 3.63) is 46.8 Å². The van der Waals surface area contributed by atoms with Crippen LogP contribution in [0.1, 0.15) is 37.2 Å². The highest BCUT2D eigenvalue weighted by atomic mass is 16.5. The van der Waals surface area contributed by atoms with Gasteiger partial charge in [-0.15, -0.1) is 5.10 Å². The topological polar surface area (TPSA) is 80.8 Å². The summed E-state index contributed by atoms with van der Waals surface area (Å²) in [5.41, 5.74) is 4.66. The molecule has 0 spiro atoms. The zero-order chi connectivity index (χ0) is 16.4. The third-order valence-corrected chi connectivity index (χ3v) is 3.95. The fourth-order valence-corrected chi connectivity index (χ4v) is 2.75. The Hall–Kier alpha value is -2.94. The minimum absolute atomic E-state index is 0.274. The van der Waals surface area contributed by atoms with E-state index >= 15 is 0 Å². The Balaban J connectivity index is 2.00. The molecule has 2 aromatic rings. The lowest BCUT2D eigenvalue weighted by atomic mass is 9.93. The van der Waals surface area contributed by atoms with Crippen LogP contribution in [0.2, 0.25) is 0 Å². The zero-order valence-corrected chi connectivity index (χ0v) is 13.0. The van der Waals surface area contributed by atoms with Gasteiger partial charge in [-0.3, -0.25) is 0 Å². The van der Waals surface area contributed by atoms with E-state index in [1.54, 1.807) is 23.7 Å². The van der Waals surface area contributed by atoms with Crippen LogP contribution in [0.15, 0.2) is 29.8 Å². The third-order valence-electron chi connectivity index (χ3n) is 3.95. The highest BCUT2D eigenvalue weighted by Gasteiger charge is 2.26. The van der Waals surface area contributed by atoms with E-state index in [1.807, 2.05) is 19.1 Å². The van der Waals surface area contributed by atoms with Crippen LogP contribution < -0.4 is 0 Å². The number of nitriles is 1. The predicted molar refractivity (Wildman–Crippen MR) is 83.6 cm³/mol. The summed E-state index contributed by atoms with van der Waals surface area (Å²) in [6.07, 6.45) is 1.29. The van der Waals surface area contributed by atoms with Crippen LogP contribution in [0.5, 0.6) is 0 Å². The molecule has 0 saturated heterocycles. The van der Waals surface area contributed by atoms with Gasteiger partial charge in [-0.1, -0.05) is 5.21 Å². The second-order valence-electron chi connectivity index (χ2n) is 5.28. The van der Waals surface area contributed by atoms with Crippen LogP contribution in [0.25, 0.3) is 11.3 Å². The SMILES string of the molecule is CCOC(=O)C1=C(C)c2nnn(-c3ccc(C#N)cc3)c2CC1. The lowest BCUT2D eigenvalue weighted by Crippen LogP contribution is -2.15. The van der Waals surface area contributed by atoms with Gasteiger partial charge in [0.05, 0.1) is 29.6 Å². The Kier molecular flexibility index (Phi) is 3.94. The van der Waals surface area contributed by atoms with E-state index in [1.165, 1.54) is 0 Å². The molecule has 0 saturated carbocycles. The van der Waals surface area contributed by atoms with Crippen LogP contribution in [-0.2, 0) is 16.0 Å². The van der Waals surface area contributed by atoms with E-state index in [2.05, 4.69) is 16.4 Å². The molecular formula is C17H16N4O2. The molecule has 1 aliphatic carbocycles. The Morgan fingerprint density at radius 3 is 2.74 bits per heavy atom. The van der Waals surface area contributed by atoms with Crippen LogP contribution in [0, 0.1) is 11.3 Å². The van der Waals surface area contributed by atoms with Crippen molar-refractivity contribution >= 4 is 11.5 Å². The first-order valence-corrected chi connectivity index (χ1v) is 7.48. The standard InChI is InChI=1S/C17H16N4O2/c1-3-23-17(22)14-8-9-15-16(11(14)2)19-20-21(15)13-6-4-12(10-18)5-7-13/h4-7H,3,8-9H2,1-2H3. The quantitative estimate of drug-likeness (QED) is 0.813. The number of hydrogen-bond acceptors (Lipinski definition) is 5. The Bertz CT molecular complexity index is 825. The van der Waals surface area contributed by atoms with Crippen molar-refractivity contribution in [2.45, 2.75) is 26.7 Å². The molecule has 1 heterocycles. The molecule has 6 nitrogen and oxygen atoms in total. The first kappa shape index (κ1) is 15.0. The number of ether oxygens (including phenoxy) is 1. The van der Waals surface area contributed by atoms with Gasteiger partial charge in [0.15, 0.2) is 0 Å². The molecule has 0 aliphatic heterocycles. The summed E-state index contributed by atoms with van der Waals surface area (Å²) in [4.78, 5) is 12.0. The van der Waals surface area contributed by atoms with E-state index in [0.29, 0.717) is 30.6 Å². The molecular weight excluding hydrogens is 292 g/mol. The van der Waals surface area contributed by atoms with E-state index in [4.69, 9.17) is 10.00 Å². The molecule has 1 aromatic heterocycles. The third kappa shape index (κ3) is 2.61. The highest BCUT2D eigenvalue weighted by Crippen LogP contribution is 2.31. The average molecular weight is 308 g/mol. The van der Waals surface area contributed by atoms with Crippen molar-refractivity contribution in [2.24, 2.45) is 0 Å². The van der Waals surface area contributed by atoms with E-state index in [-0.39, 0.29) is 5.97 Å². The number of allylic oxidation sites excluding steroid dienone is 1. The van der Waals surface area contributed by atoms with Gasteiger partial charge in [0, 0.05) is 5.57 Å². The Morgan fingerprint density at radius 2 is 2.09 bits per heavy atom. The maximum absolute atomic E-state index is 12.0. The summed E-state index contributed by atoms with van der Waals surface area (Å²) in [6, 6.07) is 9.27. The van der Waals surface area contributed by atoms with Crippen molar-refractivity contribution in [1.29, 1.82) is 5.26 Å². The summed E-state index contributed by atoms with van der Waals surface area (Å²) >= 11 is 0. The average Bonchev–Trinajstić information content (AvgIpc) is 3.00. The summed E-state index contributed by atoms with van der Waals surface area (Å²) in [7, 11) is 0. The first-order chi connectivity index (χ1) is 11.2. The van der Waals surface area contributed by atoms with Gasteiger partial charge in [0.1, 0.15) is 5.69 Å². The lowest BCUT2D eigenvalue weighted by Gasteiger charge is -2.17. The molecule has 0 radical (unpaired) electrons. The number of nitrogens with zero attached hydrogens (tertiary/aromatic N) is 4. The van der Waals surface area contributed by atoms with Gasteiger partial charge in [-0.25, -0.2) is 9.48 Å².